The van der Waals surface area contributed by atoms with Crippen LogP contribution in [-0.2, 0) is 0 Å². The second-order valence-electron chi connectivity index (χ2n) is 8.03. The molecule has 2 fully saturated rings. The van der Waals surface area contributed by atoms with Crippen LogP contribution in [0.25, 0.3) is 0 Å². The Bertz CT molecular complexity index is 901. The molecule has 0 spiro atoms. The van der Waals surface area contributed by atoms with Crippen LogP contribution in [0.4, 0.5) is 0 Å². The molecule has 2 aliphatic carbocycles. The second-order valence-corrected chi connectivity index (χ2v) is 8.88. The number of allylic oxidation sites excluding steroid dienone is 2. The maximum atomic E-state index is 6.56. The van der Waals surface area contributed by atoms with Crippen LogP contribution in [0, 0.1) is 11.8 Å². The van der Waals surface area contributed by atoms with E-state index in [-0.39, 0.29) is 5.92 Å². The third-order valence-electron chi connectivity index (χ3n) is 5.98. The number of fused-ring (bicyclic) bond motifs is 1. The molecule has 0 aromatic heterocycles. The molecule has 0 bridgehead atoms. The summed E-state index contributed by atoms with van der Waals surface area (Å²) in [5, 5.41) is 4.83. The van der Waals surface area contributed by atoms with Gasteiger partial charge in [-0.25, -0.2) is 0 Å². The van der Waals surface area contributed by atoms with Gasteiger partial charge >= 0.3 is 0 Å². The van der Waals surface area contributed by atoms with Crippen LogP contribution < -0.4 is 10.1 Å². The summed E-state index contributed by atoms with van der Waals surface area (Å²) < 4.78 is 5.33. The Morgan fingerprint density at radius 2 is 1.66 bits per heavy atom. The fourth-order valence-electron chi connectivity index (χ4n) is 4.34. The Labute approximate surface area is 183 Å². The number of hydrogen-bond donors (Lipinski definition) is 1. The van der Waals surface area contributed by atoms with Crippen LogP contribution in [0.15, 0.2) is 66.9 Å². The number of ether oxygens (including phenoxy) is 1. The number of nitrogens with one attached hydrogen (secondary N) is 1. The SMILES string of the molecule is C1CC1.C=C1NCC2C1C=CC(c1ccc(Cl)cc1Cl)C2c1ccc(OC)cc1. The summed E-state index contributed by atoms with van der Waals surface area (Å²) in [6.07, 6.45) is 9.06. The molecule has 2 nitrogen and oxygen atoms in total. The molecule has 4 unspecified atom stereocenters. The van der Waals surface area contributed by atoms with Crippen LogP contribution >= 0.6 is 23.2 Å². The summed E-state index contributed by atoms with van der Waals surface area (Å²) in [6.45, 7) is 5.12. The lowest BCUT2D eigenvalue weighted by Gasteiger charge is -2.37. The molecule has 1 heterocycles. The number of rotatable bonds is 3. The number of halogens is 2. The predicted molar refractivity (Wildman–Crippen MR) is 122 cm³/mol. The van der Waals surface area contributed by atoms with Crippen molar-refractivity contribution in [1.82, 2.24) is 5.32 Å². The molecule has 0 amide bonds. The van der Waals surface area contributed by atoms with Gasteiger partial charge in [0.15, 0.2) is 0 Å². The molecule has 152 valence electrons. The van der Waals surface area contributed by atoms with Gasteiger partial charge < -0.3 is 10.1 Å². The van der Waals surface area contributed by atoms with Crippen molar-refractivity contribution in [2.24, 2.45) is 11.8 Å². The summed E-state index contributed by atoms with van der Waals surface area (Å²) in [5.74, 6) is 2.16. The average molecular weight is 428 g/mol. The summed E-state index contributed by atoms with van der Waals surface area (Å²) in [6, 6.07) is 14.2. The molecule has 3 aliphatic rings. The van der Waals surface area contributed by atoms with Gasteiger partial charge in [0, 0.05) is 34.1 Å². The Balaban J connectivity index is 0.000000626. The first kappa shape index (κ1) is 20.4. The monoisotopic (exact) mass is 427 g/mol. The van der Waals surface area contributed by atoms with Gasteiger partial charge in [-0.3, -0.25) is 0 Å². The molecule has 5 rings (SSSR count). The molecular weight excluding hydrogens is 401 g/mol. The van der Waals surface area contributed by atoms with E-state index in [0.29, 0.717) is 27.8 Å². The zero-order valence-electron chi connectivity index (χ0n) is 16.7. The predicted octanol–water partition coefficient (Wildman–Crippen LogP) is 6.96. The van der Waals surface area contributed by atoms with Crippen LogP contribution in [-0.4, -0.2) is 13.7 Å². The highest BCUT2D eigenvalue weighted by molar-refractivity contribution is 6.35. The van der Waals surface area contributed by atoms with E-state index in [2.05, 4.69) is 36.2 Å². The van der Waals surface area contributed by atoms with Crippen molar-refractivity contribution in [3.63, 3.8) is 0 Å². The largest absolute Gasteiger partial charge is 0.497 e. The Hall–Kier alpha value is -1.90. The molecule has 1 aliphatic heterocycles. The van der Waals surface area contributed by atoms with Crippen molar-refractivity contribution in [1.29, 1.82) is 0 Å². The van der Waals surface area contributed by atoms with Crippen molar-refractivity contribution in [2.75, 3.05) is 13.7 Å². The molecular formula is C25H27Cl2NO. The quantitative estimate of drug-likeness (QED) is 0.534. The van der Waals surface area contributed by atoms with Crippen molar-refractivity contribution < 1.29 is 4.74 Å². The second kappa shape index (κ2) is 8.85. The minimum atomic E-state index is 0.196. The maximum Gasteiger partial charge on any atom is 0.118 e. The molecule has 1 saturated carbocycles. The number of hydrogen-bond acceptors (Lipinski definition) is 2. The van der Waals surface area contributed by atoms with Crippen molar-refractivity contribution in [3.05, 3.63) is 88.1 Å². The average Bonchev–Trinajstić information content (AvgIpc) is 3.57. The smallest absolute Gasteiger partial charge is 0.118 e. The third-order valence-corrected chi connectivity index (χ3v) is 6.54. The summed E-state index contributed by atoms with van der Waals surface area (Å²) >= 11 is 12.7. The topological polar surface area (TPSA) is 21.3 Å². The van der Waals surface area contributed by atoms with E-state index in [9.17, 15) is 0 Å². The zero-order valence-corrected chi connectivity index (χ0v) is 18.2. The van der Waals surface area contributed by atoms with Gasteiger partial charge in [-0.15, -0.1) is 0 Å². The van der Waals surface area contributed by atoms with E-state index in [1.54, 1.807) is 7.11 Å². The van der Waals surface area contributed by atoms with Crippen molar-refractivity contribution in [3.8, 4) is 5.75 Å². The minimum Gasteiger partial charge on any atom is -0.497 e. The number of methoxy groups -OCH3 is 1. The normalized spacial score (nSPS) is 26.8. The van der Waals surface area contributed by atoms with E-state index in [1.807, 2.05) is 30.3 Å². The Morgan fingerprint density at radius 1 is 0.966 bits per heavy atom. The van der Waals surface area contributed by atoms with E-state index in [1.165, 1.54) is 24.8 Å². The molecule has 4 atom stereocenters. The fraction of sp³-hybridized carbons (Fsp3) is 0.360. The van der Waals surface area contributed by atoms with Crippen molar-refractivity contribution in [2.45, 2.75) is 31.1 Å². The minimum absolute atomic E-state index is 0.196. The highest BCUT2D eigenvalue weighted by Crippen LogP contribution is 2.50. The lowest BCUT2D eigenvalue weighted by atomic mass is 9.66. The molecule has 1 saturated heterocycles. The summed E-state index contributed by atoms with van der Waals surface area (Å²) in [5.41, 5.74) is 3.51. The zero-order chi connectivity index (χ0) is 20.4. The van der Waals surface area contributed by atoms with E-state index < -0.39 is 0 Å². The molecule has 2 aromatic carbocycles. The van der Waals surface area contributed by atoms with Gasteiger partial charge in [0.05, 0.1) is 7.11 Å². The molecule has 4 heteroatoms. The lowest BCUT2D eigenvalue weighted by Crippen LogP contribution is -2.28. The molecule has 0 radical (unpaired) electrons. The molecule has 1 N–H and O–H groups in total. The standard InChI is InChI=1S/C22H21Cl2NO.C3H6/c1-13-17-9-10-19(18-8-5-15(23)11-21(18)24)22(20(17)12-25-13)14-3-6-16(26-2)7-4-14;1-2-3-1/h3-11,17,19-20,22,25H,1,12H2,2H3;1-3H2. The van der Waals surface area contributed by atoms with Crippen LogP contribution in [0.5, 0.6) is 5.75 Å². The van der Waals surface area contributed by atoms with Gasteiger partial charge in [-0.05, 0) is 47.2 Å². The first-order valence-corrected chi connectivity index (χ1v) is 11.0. The van der Waals surface area contributed by atoms with Gasteiger partial charge in [0.1, 0.15) is 5.75 Å². The highest BCUT2D eigenvalue weighted by atomic mass is 35.5. The lowest BCUT2D eigenvalue weighted by molar-refractivity contribution is 0.362. The van der Waals surface area contributed by atoms with Crippen molar-refractivity contribution >= 4 is 23.2 Å². The molecule has 2 aromatic rings. The van der Waals surface area contributed by atoms with Crippen LogP contribution in [0.3, 0.4) is 0 Å². The van der Waals surface area contributed by atoms with E-state index >= 15 is 0 Å². The Morgan fingerprint density at radius 3 is 2.28 bits per heavy atom. The highest BCUT2D eigenvalue weighted by Gasteiger charge is 2.42. The first-order chi connectivity index (χ1) is 14.1. The maximum absolute atomic E-state index is 6.56. The van der Waals surface area contributed by atoms with Gasteiger partial charge in [0.2, 0.25) is 0 Å². The van der Waals surface area contributed by atoms with Gasteiger partial charge in [-0.1, -0.05) is 79.4 Å². The fourth-order valence-corrected chi connectivity index (χ4v) is 4.87. The van der Waals surface area contributed by atoms with Crippen LogP contribution in [0.1, 0.15) is 42.2 Å². The van der Waals surface area contributed by atoms with E-state index in [4.69, 9.17) is 27.9 Å². The van der Waals surface area contributed by atoms with E-state index in [0.717, 1.165) is 23.6 Å². The molecule has 29 heavy (non-hydrogen) atoms. The number of benzene rings is 2. The summed E-state index contributed by atoms with van der Waals surface area (Å²) in [4.78, 5) is 0. The third kappa shape index (κ3) is 4.49. The van der Waals surface area contributed by atoms with Gasteiger partial charge in [-0.2, -0.15) is 0 Å². The Kier molecular flexibility index (Phi) is 6.22. The van der Waals surface area contributed by atoms with Gasteiger partial charge in [0.25, 0.3) is 0 Å². The van der Waals surface area contributed by atoms with Crippen LogP contribution in [0.2, 0.25) is 10.0 Å². The summed E-state index contributed by atoms with van der Waals surface area (Å²) in [7, 11) is 1.69. The first-order valence-electron chi connectivity index (χ1n) is 10.3.